The number of piperidine rings is 1. The van der Waals surface area contributed by atoms with Crippen LogP contribution in [0.1, 0.15) is 36.0 Å². The van der Waals surface area contributed by atoms with Crippen molar-refractivity contribution in [3.05, 3.63) is 53.1 Å². The predicted octanol–water partition coefficient (Wildman–Crippen LogP) is 4.61. The van der Waals surface area contributed by atoms with E-state index >= 15 is 0 Å². The molecule has 0 aromatic heterocycles. The third kappa shape index (κ3) is 4.89. The summed E-state index contributed by atoms with van der Waals surface area (Å²) in [5.74, 6) is 0.799. The van der Waals surface area contributed by atoms with Gasteiger partial charge in [-0.1, -0.05) is 6.07 Å². The molecule has 8 heteroatoms. The van der Waals surface area contributed by atoms with Crippen LogP contribution >= 0.6 is 0 Å². The molecule has 0 bridgehead atoms. The predicted molar refractivity (Wildman–Crippen MR) is 120 cm³/mol. The molecule has 2 heterocycles. The molecule has 2 aromatic carbocycles. The minimum Gasteiger partial charge on any atom is -0.493 e. The van der Waals surface area contributed by atoms with E-state index in [-0.39, 0.29) is 17.9 Å². The van der Waals surface area contributed by atoms with Gasteiger partial charge < -0.3 is 19.7 Å². The number of carbonyl (C=O) groups is 1. The Bertz CT molecular complexity index is 1010. The van der Waals surface area contributed by atoms with E-state index in [2.05, 4.69) is 10.2 Å². The molecular formula is C25H29F3N2O3. The molecule has 2 aliphatic rings. The molecule has 0 saturated carbocycles. The van der Waals surface area contributed by atoms with Crippen LogP contribution in [-0.2, 0) is 23.8 Å². The molecule has 0 spiro atoms. The van der Waals surface area contributed by atoms with Crippen LogP contribution in [0.25, 0.3) is 0 Å². The fourth-order valence-electron chi connectivity index (χ4n) is 5.02. The largest absolute Gasteiger partial charge is 0.493 e. The van der Waals surface area contributed by atoms with Gasteiger partial charge in [-0.05, 0) is 73.6 Å². The molecule has 4 rings (SSSR count). The lowest BCUT2D eigenvalue weighted by Crippen LogP contribution is -2.53. The Morgan fingerprint density at radius 2 is 1.88 bits per heavy atom. The number of hydrogen-bond acceptors (Lipinski definition) is 4. The van der Waals surface area contributed by atoms with Crippen molar-refractivity contribution < 1.29 is 27.4 Å². The Labute approximate surface area is 191 Å². The van der Waals surface area contributed by atoms with Gasteiger partial charge in [-0.25, -0.2) is 0 Å². The van der Waals surface area contributed by atoms with E-state index < -0.39 is 11.7 Å². The van der Waals surface area contributed by atoms with E-state index in [4.69, 9.17) is 9.47 Å². The number of benzene rings is 2. The first-order chi connectivity index (χ1) is 15.8. The van der Waals surface area contributed by atoms with E-state index in [9.17, 15) is 18.0 Å². The van der Waals surface area contributed by atoms with Crippen molar-refractivity contribution in [2.45, 2.75) is 44.3 Å². The van der Waals surface area contributed by atoms with Crippen molar-refractivity contribution in [1.82, 2.24) is 5.32 Å². The van der Waals surface area contributed by atoms with E-state index in [1.54, 1.807) is 20.3 Å². The molecule has 2 aromatic rings. The highest BCUT2D eigenvalue weighted by Gasteiger charge is 2.40. The minimum absolute atomic E-state index is 0.0177. The van der Waals surface area contributed by atoms with Crippen LogP contribution in [0, 0.1) is 5.92 Å². The van der Waals surface area contributed by atoms with Crippen molar-refractivity contribution in [3.63, 3.8) is 0 Å². The van der Waals surface area contributed by atoms with Crippen LogP contribution in [0.5, 0.6) is 11.5 Å². The highest BCUT2D eigenvalue weighted by molar-refractivity contribution is 5.82. The summed E-state index contributed by atoms with van der Waals surface area (Å²) in [5.41, 5.74) is 1.77. The normalized spacial score (nSPS) is 20.0. The Morgan fingerprint density at radius 3 is 2.61 bits per heavy atom. The first-order valence-electron chi connectivity index (χ1n) is 11.3. The Morgan fingerprint density at radius 1 is 1.09 bits per heavy atom. The van der Waals surface area contributed by atoms with Gasteiger partial charge in [-0.15, -0.1) is 0 Å². The number of anilines is 1. The van der Waals surface area contributed by atoms with Gasteiger partial charge in [0, 0.05) is 24.8 Å². The number of alkyl halides is 3. The zero-order valence-corrected chi connectivity index (χ0v) is 18.9. The van der Waals surface area contributed by atoms with Gasteiger partial charge in [0.25, 0.3) is 0 Å². The lowest BCUT2D eigenvalue weighted by atomic mass is 9.80. The fraction of sp³-hybridized carbons (Fsp3) is 0.480. The summed E-state index contributed by atoms with van der Waals surface area (Å²) >= 11 is 0. The van der Waals surface area contributed by atoms with Crippen molar-refractivity contribution in [2.75, 3.05) is 32.2 Å². The number of ether oxygens (including phenoxy) is 2. The van der Waals surface area contributed by atoms with Crippen molar-refractivity contribution in [1.29, 1.82) is 0 Å². The number of fused-ring (bicyclic) bond motifs is 3. The van der Waals surface area contributed by atoms with E-state index in [1.165, 1.54) is 6.07 Å². The number of methoxy groups -OCH3 is 2. The van der Waals surface area contributed by atoms with Crippen LogP contribution in [0.2, 0.25) is 0 Å². The summed E-state index contributed by atoms with van der Waals surface area (Å²) in [6.07, 6.45) is -0.596. The highest BCUT2D eigenvalue weighted by Crippen LogP contribution is 2.41. The topological polar surface area (TPSA) is 50.8 Å². The lowest BCUT2D eigenvalue weighted by Gasteiger charge is -2.46. The van der Waals surface area contributed by atoms with Gasteiger partial charge in [0.1, 0.15) is 0 Å². The molecule has 1 fully saturated rings. The average Bonchev–Trinajstić information content (AvgIpc) is 2.82. The molecule has 1 amide bonds. The molecule has 1 N–H and O–H groups in total. The lowest BCUT2D eigenvalue weighted by molar-refractivity contribution is -0.137. The summed E-state index contributed by atoms with van der Waals surface area (Å²) in [6.45, 7) is 1.20. The zero-order valence-electron chi connectivity index (χ0n) is 18.9. The molecule has 0 unspecified atom stereocenters. The summed E-state index contributed by atoms with van der Waals surface area (Å²) in [6, 6.07) is 9.57. The maximum Gasteiger partial charge on any atom is 0.416 e. The van der Waals surface area contributed by atoms with E-state index in [0.717, 1.165) is 43.1 Å². The number of nitrogens with zero attached hydrogens (tertiary/aromatic N) is 1. The van der Waals surface area contributed by atoms with Crippen LogP contribution in [0.3, 0.4) is 0 Å². The van der Waals surface area contributed by atoms with Gasteiger partial charge in [0.2, 0.25) is 5.91 Å². The number of halogens is 3. The van der Waals surface area contributed by atoms with Crippen LogP contribution < -0.4 is 19.7 Å². The number of nitrogens with one attached hydrogen (secondary N) is 1. The molecule has 5 nitrogen and oxygen atoms in total. The van der Waals surface area contributed by atoms with Crippen molar-refractivity contribution in [2.24, 2.45) is 5.92 Å². The molecule has 2 atom stereocenters. The molecule has 178 valence electrons. The zero-order chi connectivity index (χ0) is 23.6. The second-order valence-electron chi connectivity index (χ2n) is 8.64. The van der Waals surface area contributed by atoms with Crippen LogP contribution in [0.15, 0.2) is 36.4 Å². The average molecular weight is 463 g/mol. The summed E-state index contributed by atoms with van der Waals surface area (Å²) in [7, 11) is 3.15. The number of rotatable bonds is 6. The smallest absolute Gasteiger partial charge is 0.416 e. The second kappa shape index (κ2) is 9.53. The molecular weight excluding hydrogens is 433 g/mol. The Hall–Kier alpha value is -2.90. The summed E-state index contributed by atoms with van der Waals surface area (Å²) in [5, 5.41) is 3.02. The van der Waals surface area contributed by atoms with Gasteiger partial charge >= 0.3 is 6.18 Å². The Kier molecular flexibility index (Phi) is 6.72. The van der Waals surface area contributed by atoms with Crippen molar-refractivity contribution >= 4 is 11.6 Å². The second-order valence-corrected chi connectivity index (χ2v) is 8.64. The maximum atomic E-state index is 13.3. The summed E-state index contributed by atoms with van der Waals surface area (Å²) < 4.78 is 50.4. The number of carbonyl (C=O) groups excluding carboxylic acids is 1. The number of amides is 1. The first kappa shape index (κ1) is 23.3. The van der Waals surface area contributed by atoms with Crippen molar-refractivity contribution in [3.8, 4) is 11.5 Å². The molecule has 0 aliphatic carbocycles. The SMILES string of the molecule is COc1ccc(CCNC(=O)[C@H]2Cc3cc(C(F)(F)F)ccc3N3CCCC[C@H]23)cc1OC. The van der Waals surface area contributed by atoms with Gasteiger partial charge in [-0.2, -0.15) is 13.2 Å². The molecule has 33 heavy (non-hydrogen) atoms. The molecule has 0 radical (unpaired) electrons. The van der Waals surface area contributed by atoms with Crippen LogP contribution in [0.4, 0.5) is 18.9 Å². The third-order valence-electron chi connectivity index (χ3n) is 6.67. The van der Waals surface area contributed by atoms with E-state index in [1.807, 2.05) is 18.2 Å². The quantitative estimate of drug-likeness (QED) is 0.681. The van der Waals surface area contributed by atoms with E-state index in [0.29, 0.717) is 36.4 Å². The van der Waals surface area contributed by atoms with Gasteiger partial charge in [-0.3, -0.25) is 4.79 Å². The fourth-order valence-corrected chi connectivity index (χ4v) is 5.02. The monoisotopic (exact) mass is 462 g/mol. The molecule has 2 aliphatic heterocycles. The Balaban J connectivity index is 1.47. The van der Waals surface area contributed by atoms with Gasteiger partial charge in [0.05, 0.1) is 25.7 Å². The third-order valence-corrected chi connectivity index (χ3v) is 6.67. The number of hydrogen-bond donors (Lipinski definition) is 1. The standard InChI is InChI=1S/C25H29F3N2O3/c1-32-22-9-6-16(13-23(22)33-2)10-11-29-24(31)19-15-17-14-18(25(26,27)28)7-8-20(17)30-12-4-3-5-21(19)30/h6-9,13-14,19,21H,3-5,10-12,15H2,1-2H3,(H,29,31)/t19-,21+/m0/s1. The first-order valence-corrected chi connectivity index (χ1v) is 11.3. The maximum absolute atomic E-state index is 13.3. The molecule has 1 saturated heterocycles. The highest BCUT2D eigenvalue weighted by atomic mass is 19.4. The summed E-state index contributed by atoms with van der Waals surface area (Å²) in [4.78, 5) is 15.3. The van der Waals surface area contributed by atoms with Gasteiger partial charge in [0.15, 0.2) is 11.5 Å². The minimum atomic E-state index is -4.40. The van der Waals surface area contributed by atoms with Crippen LogP contribution in [-0.4, -0.2) is 39.3 Å².